The lowest BCUT2D eigenvalue weighted by atomic mass is 9.98. The number of rotatable bonds is 10. The number of benzene rings is 3. The van der Waals surface area contributed by atoms with E-state index in [0.717, 1.165) is 11.1 Å². The first-order valence-corrected chi connectivity index (χ1v) is 11.5. The van der Waals surface area contributed by atoms with E-state index in [9.17, 15) is 9.90 Å². The van der Waals surface area contributed by atoms with Crippen LogP contribution in [-0.2, 0) is 36.9 Å². The first kappa shape index (κ1) is 25.0. The van der Waals surface area contributed by atoms with Crippen molar-refractivity contribution in [2.45, 2.75) is 43.9 Å². The van der Waals surface area contributed by atoms with Crippen molar-refractivity contribution >= 4 is 5.97 Å². The predicted octanol–water partition coefficient (Wildman–Crippen LogP) is 3.75. The van der Waals surface area contributed by atoms with Crippen molar-refractivity contribution in [1.29, 1.82) is 0 Å². The molecule has 7 nitrogen and oxygen atoms in total. The summed E-state index contributed by atoms with van der Waals surface area (Å²) in [5.41, 5.74) is 2.34. The molecular formula is C28H30O7. The number of carbonyl (C=O) groups excluding carboxylic acids is 1. The van der Waals surface area contributed by atoms with Crippen LogP contribution in [0.4, 0.5) is 0 Å². The van der Waals surface area contributed by atoms with E-state index in [1.807, 2.05) is 66.7 Å². The van der Waals surface area contributed by atoms with E-state index in [4.69, 9.17) is 23.7 Å². The van der Waals surface area contributed by atoms with Crippen LogP contribution in [0.2, 0.25) is 0 Å². The molecule has 1 fully saturated rings. The first-order valence-electron chi connectivity index (χ1n) is 11.5. The minimum Gasteiger partial charge on any atom is -0.459 e. The van der Waals surface area contributed by atoms with Crippen molar-refractivity contribution in [3.63, 3.8) is 0 Å². The Morgan fingerprint density at radius 1 is 0.800 bits per heavy atom. The largest absolute Gasteiger partial charge is 0.459 e. The van der Waals surface area contributed by atoms with E-state index in [2.05, 4.69) is 0 Å². The Bertz CT molecular complexity index is 1030. The summed E-state index contributed by atoms with van der Waals surface area (Å²) < 4.78 is 29.3. The van der Waals surface area contributed by atoms with E-state index in [1.165, 1.54) is 7.11 Å². The SMILES string of the molecule is COC1OC(COC(=O)c2ccccc2)C(O)C(OCc2ccccc2)C1OCc1ccccc1. The Morgan fingerprint density at radius 2 is 1.31 bits per heavy atom. The molecule has 1 aliphatic rings. The van der Waals surface area contributed by atoms with Gasteiger partial charge >= 0.3 is 5.97 Å². The smallest absolute Gasteiger partial charge is 0.338 e. The fourth-order valence-electron chi connectivity index (χ4n) is 3.93. The average molecular weight is 479 g/mol. The highest BCUT2D eigenvalue weighted by atomic mass is 16.7. The van der Waals surface area contributed by atoms with Gasteiger partial charge in [0.1, 0.15) is 31.0 Å². The third-order valence-electron chi connectivity index (χ3n) is 5.81. The Kier molecular flexibility index (Phi) is 9.00. The standard InChI is InChI=1S/C28H30O7/c1-31-28-26(33-18-21-13-7-3-8-14-21)25(32-17-20-11-5-2-6-12-20)24(29)23(35-28)19-34-27(30)22-15-9-4-10-16-22/h2-16,23-26,28-29H,17-19H2,1H3. The lowest BCUT2D eigenvalue weighted by molar-refractivity contribution is -0.313. The molecule has 0 aliphatic carbocycles. The van der Waals surface area contributed by atoms with Gasteiger partial charge in [-0.2, -0.15) is 0 Å². The molecule has 1 saturated heterocycles. The van der Waals surface area contributed by atoms with E-state index < -0.39 is 36.7 Å². The van der Waals surface area contributed by atoms with E-state index in [-0.39, 0.29) is 13.2 Å². The normalized spacial score (nSPS) is 24.1. The second-order valence-corrected chi connectivity index (χ2v) is 8.26. The monoisotopic (exact) mass is 478 g/mol. The molecule has 0 saturated carbocycles. The van der Waals surface area contributed by atoms with Gasteiger partial charge in [-0.15, -0.1) is 0 Å². The highest BCUT2D eigenvalue weighted by molar-refractivity contribution is 5.89. The molecule has 7 heteroatoms. The molecule has 5 atom stereocenters. The topological polar surface area (TPSA) is 83.5 Å². The first-order chi connectivity index (χ1) is 17.2. The number of carbonyl (C=O) groups is 1. The van der Waals surface area contributed by atoms with Gasteiger partial charge in [0.25, 0.3) is 0 Å². The van der Waals surface area contributed by atoms with Gasteiger partial charge in [0, 0.05) is 7.11 Å². The number of hydrogen-bond donors (Lipinski definition) is 1. The van der Waals surface area contributed by atoms with Crippen LogP contribution in [0.1, 0.15) is 21.5 Å². The lowest BCUT2D eigenvalue weighted by Crippen LogP contribution is -2.60. The average Bonchev–Trinajstić information content (AvgIpc) is 2.92. The zero-order valence-electron chi connectivity index (χ0n) is 19.6. The number of hydrogen-bond acceptors (Lipinski definition) is 7. The molecule has 0 amide bonds. The minimum absolute atomic E-state index is 0.161. The summed E-state index contributed by atoms with van der Waals surface area (Å²) in [5.74, 6) is -0.500. The zero-order valence-corrected chi connectivity index (χ0v) is 19.6. The predicted molar refractivity (Wildman–Crippen MR) is 128 cm³/mol. The molecule has 0 aromatic heterocycles. The zero-order chi connectivity index (χ0) is 24.5. The Hall–Kier alpha value is -3.07. The van der Waals surface area contributed by atoms with E-state index in [1.54, 1.807) is 24.3 Å². The van der Waals surface area contributed by atoms with Crippen molar-refractivity contribution in [2.24, 2.45) is 0 Å². The maximum atomic E-state index is 12.4. The number of esters is 1. The Balaban J connectivity index is 1.47. The summed E-state index contributed by atoms with van der Waals surface area (Å²) in [6.45, 7) is 0.395. The number of ether oxygens (including phenoxy) is 5. The van der Waals surface area contributed by atoms with Crippen LogP contribution in [0.5, 0.6) is 0 Å². The minimum atomic E-state index is -1.12. The van der Waals surface area contributed by atoms with E-state index in [0.29, 0.717) is 12.2 Å². The van der Waals surface area contributed by atoms with Crippen molar-refractivity contribution in [1.82, 2.24) is 0 Å². The van der Waals surface area contributed by atoms with Crippen LogP contribution >= 0.6 is 0 Å². The number of aliphatic hydroxyl groups is 1. The van der Waals surface area contributed by atoms with Gasteiger partial charge in [-0.1, -0.05) is 78.9 Å². The molecule has 35 heavy (non-hydrogen) atoms. The van der Waals surface area contributed by atoms with Gasteiger partial charge in [0.2, 0.25) is 0 Å². The molecule has 4 rings (SSSR count). The van der Waals surface area contributed by atoms with Gasteiger partial charge < -0.3 is 28.8 Å². The molecule has 184 valence electrons. The second-order valence-electron chi connectivity index (χ2n) is 8.26. The van der Waals surface area contributed by atoms with Crippen LogP contribution in [0.15, 0.2) is 91.0 Å². The third-order valence-corrected chi connectivity index (χ3v) is 5.81. The molecule has 3 aromatic carbocycles. The summed E-state index contributed by atoms with van der Waals surface area (Å²) in [6, 6.07) is 28.0. The van der Waals surface area contributed by atoms with Gasteiger partial charge in [-0.05, 0) is 23.3 Å². The highest BCUT2D eigenvalue weighted by Crippen LogP contribution is 2.28. The molecule has 1 N–H and O–H groups in total. The molecule has 5 unspecified atom stereocenters. The summed E-state index contributed by atoms with van der Waals surface area (Å²) in [5, 5.41) is 11.2. The van der Waals surface area contributed by atoms with Gasteiger partial charge in [0.05, 0.1) is 18.8 Å². The number of methoxy groups -OCH3 is 1. The quantitative estimate of drug-likeness (QED) is 0.445. The van der Waals surface area contributed by atoms with Crippen molar-refractivity contribution in [3.8, 4) is 0 Å². The summed E-state index contributed by atoms with van der Waals surface area (Å²) in [6.07, 6.45) is -4.29. The highest BCUT2D eigenvalue weighted by Gasteiger charge is 2.47. The maximum absolute atomic E-state index is 12.4. The molecule has 0 radical (unpaired) electrons. The lowest BCUT2D eigenvalue weighted by Gasteiger charge is -2.43. The van der Waals surface area contributed by atoms with Crippen molar-refractivity contribution < 1.29 is 33.6 Å². The van der Waals surface area contributed by atoms with E-state index >= 15 is 0 Å². The van der Waals surface area contributed by atoms with Crippen LogP contribution in [0.25, 0.3) is 0 Å². The van der Waals surface area contributed by atoms with Gasteiger partial charge in [-0.3, -0.25) is 0 Å². The molecule has 0 bridgehead atoms. The Labute approximate surface area is 205 Å². The van der Waals surface area contributed by atoms with Crippen molar-refractivity contribution in [2.75, 3.05) is 13.7 Å². The van der Waals surface area contributed by atoms with Gasteiger partial charge in [-0.25, -0.2) is 4.79 Å². The van der Waals surface area contributed by atoms with Crippen LogP contribution in [0, 0.1) is 0 Å². The summed E-state index contributed by atoms with van der Waals surface area (Å²) >= 11 is 0. The summed E-state index contributed by atoms with van der Waals surface area (Å²) in [7, 11) is 1.50. The van der Waals surface area contributed by atoms with Crippen LogP contribution < -0.4 is 0 Å². The molecular weight excluding hydrogens is 448 g/mol. The fraction of sp³-hybridized carbons (Fsp3) is 0.321. The van der Waals surface area contributed by atoms with Gasteiger partial charge in [0.15, 0.2) is 6.29 Å². The maximum Gasteiger partial charge on any atom is 0.338 e. The third kappa shape index (κ3) is 6.75. The Morgan fingerprint density at radius 3 is 1.86 bits per heavy atom. The van der Waals surface area contributed by atoms with Crippen LogP contribution in [0.3, 0.4) is 0 Å². The molecule has 0 spiro atoms. The van der Waals surface area contributed by atoms with Crippen LogP contribution in [-0.4, -0.2) is 55.5 Å². The summed E-state index contributed by atoms with van der Waals surface area (Å²) in [4.78, 5) is 12.4. The molecule has 3 aromatic rings. The second kappa shape index (κ2) is 12.6. The molecule has 1 heterocycles. The fourth-order valence-corrected chi connectivity index (χ4v) is 3.93. The van der Waals surface area contributed by atoms with Crippen molar-refractivity contribution in [3.05, 3.63) is 108 Å². The molecule has 1 aliphatic heterocycles. The number of aliphatic hydroxyl groups excluding tert-OH is 1.